The Kier molecular flexibility index (Phi) is 5.91. The molecule has 20 heavy (non-hydrogen) atoms. The van der Waals surface area contributed by atoms with Gasteiger partial charge >= 0.3 is 0 Å². The lowest BCUT2D eigenvalue weighted by molar-refractivity contribution is 0.315. The van der Waals surface area contributed by atoms with E-state index in [2.05, 4.69) is 24.4 Å². The summed E-state index contributed by atoms with van der Waals surface area (Å²) in [6.45, 7) is 2.05. The largest absolute Gasteiger partial charge is 0.317 e. The number of rotatable bonds is 6. The molecule has 0 saturated heterocycles. The van der Waals surface area contributed by atoms with Crippen LogP contribution in [-0.4, -0.2) is 22.9 Å². The molecule has 3 nitrogen and oxygen atoms in total. The monoisotopic (exact) mass is 297 g/mol. The molecule has 1 heterocycles. The summed E-state index contributed by atoms with van der Waals surface area (Å²) < 4.78 is 1.78. The highest BCUT2D eigenvalue weighted by molar-refractivity contribution is 6.30. The van der Waals surface area contributed by atoms with Gasteiger partial charge in [0.2, 0.25) is 0 Å². The highest BCUT2D eigenvalue weighted by Crippen LogP contribution is 2.28. The summed E-state index contributed by atoms with van der Waals surface area (Å²) in [5.74, 6) is 0.949. The molecular weight excluding hydrogens is 270 g/mol. The number of nitrogens with one attached hydrogen (secondary N) is 1. The molecule has 1 N–H and O–H groups in total. The van der Waals surface area contributed by atoms with Crippen molar-refractivity contribution in [3.05, 3.63) is 16.4 Å². The fourth-order valence-corrected chi connectivity index (χ4v) is 3.67. The summed E-state index contributed by atoms with van der Waals surface area (Å²) in [5.41, 5.74) is 2.27. The number of hydrogen-bond acceptors (Lipinski definition) is 2. The van der Waals surface area contributed by atoms with Crippen LogP contribution < -0.4 is 5.32 Å². The standard InChI is InChI=1S/C16H28ClN3/c1-12-15(16(17)20(3)19-12)11-14(18-2)10-9-13-7-5-4-6-8-13/h13-14,18H,4-11H2,1-3H3. The van der Waals surface area contributed by atoms with Gasteiger partial charge in [0.05, 0.1) is 5.69 Å². The van der Waals surface area contributed by atoms with Crippen LogP contribution in [-0.2, 0) is 13.5 Å². The molecule has 1 unspecified atom stereocenters. The molecule has 1 aliphatic rings. The molecule has 1 atom stereocenters. The molecule has 4 heteroatoms. The van der Waals surface area contributed by atoms with Crippen LogP contribution in [0.2, 0.25) is 5.15 Å². The van der Waals surface area contributed by atoms with Crippen molar-refractivity contribution in [1.29, 1.82) is 0 Å². The summed E-state index contributed by atoms with van der Waals surface area (Å²) in [5, 5.41) is 8.66. The molecule has 1 aromatic rings. The minimum atomic E-state index is 0.511. The molecule has 0 bridgehead atoms. The first-order chi connectivity index (χ1) is 9.61. The van der Waals surface area contributed by atoms with Crippen molar-refractivity contribution in [3.8, 4) is 0 Å². The second kappa shape index (κ2) is 7.46. The normalized spacial score (nSPS) is 18.4. The van der Waals surface area contributed by atoms with E-state index < -0.39 is 0 Å². The third kappa shape index (κ3) is 3.98. The molecule has 0 aromatic carbocycles. The van der Waals surface area contributed by atoms with Crippen molar-refractivity contribution in [2.45, 2.75) is 64.3 Å². The van der Waals surface area contributed by atoms with Crippen LogP contribution in [0.3, 0.4) is 0 Å². The lowest BCUT2D eigenvalue weighted by Gasteiger charge is -2.24. The van der Waals surface area contributed by atoms with Crippen LogP contribution in [0.15, 0.2) is 0 Å². The Morgan fingerprint density at radius 2 is 2.05 bits per heavy atom. The van der Waals surface area contributed by atoms with Gasteiger partial charge in [-0.25, -0.2) is 0 Å². The van der Waals surface area contributed by atoms with Crippen molar-refractivity contribution in [2.75, 3.05) is 7.05 Å². The quantitative estimate of drug-likeness (QED) is 0.864. The van der Waals surface area contributed by atoms with Gasteiger partial charge in [0, 0.05) is 18.7 Å². The molecule has 0 amide bonds. The molecule has 2 rings (SSSR count). The van der Waals surface area contributed by atoms with Gasteiger partial charge in [-0.3, -0.25) is 4.68 Å². The number of aromatic nitrogens is 2. The molecule has 114 valence electrons. The van der Waals surface area contributed by atoms with Gasteiger partial charge in [-0.2, -0.15) is 5.10 Å². The van der Waals surface area contributed by atoms with Crippen LogP contribution >= 0.6 is 11.6 Å². The average Bonchev–Trinajstić information content (AvgIpc) is 2.70. The van der Waals surface area contributed by atoms with E-state index >= 15 is 0 Å². The van der Waals surface area contributed by atoms with Gasteiger partial charge in [0.25, 0.3) is 0 Å². The second-order valence-electron chi connectivity index (χ2n) is 6.25. The lowest BCUT2D eigenvalue weighted by atomic mass is 9.84. The maximum Gasteiger partial charge on any atom is 0.130 e. The zero-order valence-electron chi connectivity index (χ0n) is 13.1. The molecule has 1 aromatic heterocycles. The fourth-order valence-electron chi connectivity index (χ4n) is 3.41. The van der Waals surface area contributed by atoms with Crippen LogP contribution in [0.5, 0.6) is 0 Å². The zero-order chi connectivity index (χ0) is 14.5. The summed E-state index contributed by atoms with van der Waals surface area (Å²) in [6.07, 6.45) is 10.8. The van der Waals surface area contributed by atoms with Gasteiger partial charge in [0.1, 0.15) is 5.15 Å². The Labute approximate surface area is 128 Å². The van der Waals surface area contributed by atoms with Crippen molar-refractivity contribution >= 4 is 11.6 Å². The molecule has 0 radical (unpaired) electrons. The molecule has 1 aliphatic carbocycles. The van der Waals surface area contributed by atoms with Crippen molar-refractivity contribution in [1.82, 2.24) is 15.1 Å². The molecular formula is C16H28ClN3. The molecule has 1 saturated carbocycles. The molecule has 0 spiro atoms. The van der Waals surface area contributed by atoms with Crippen molar-refractivity contribution < 1.29 is 0 Å². The van der Waals surface area contributed by atoms with E-state index in [9.17, 15) is 0 Å². The summed E-state index contributed by atoms with van der Waals surface area (Å²) in [6, 6.07) is 0.511. The van der Waals surface area contributed by atoms with Gasteiger partial charge in [-0.15, -0.1) is 0 Å². The first-order valence-electron chi connectivity index (χ1n) is 7.97. The van der Waals surface area contributed by atoms with E-state index in [1.54, 1.807) is 4.68 Å². The number of hydrogen-bond donors (Lipinski definition) is 1. The van der Waals surface area contributed by atoms with Gasteiger partial charge in [-0.05, 0) is 39.2 Å². The van der Waals surface area contributed by atoms with E-state index in [1.165, 1.54) is 50.5 Å². The molecule has 1 fully saturated rings. The average molecular weight is 298 g/mol. The summed E-state index contributed by atoms with van der Waals surface area (Å²) >= 11 is 6.34. The minimum absolute atomic E-state index is 0.511. The maximum atomic E-state index is 6.34. The minimum Gasteiger partial charge on any atom is -0.317 e. The Balaban J connectivity index is 1.88. The van der Waals surface area contributed by atoms with E-state index in [0.29, 0.717) is 6.04 Å². The predicted octanol–water partition coefficient (Wildman–Crippen LogP) is 3.87. The van der Waals surface area contributed by atoms with Gasteiger partial charge in [-0.1, -0.05) is 43.7 Å². The maximum absolute atomic E-state index is 6.34. The highest BCUT2D eigenvalue weighted by atomic mass is 35.5. The Morgan fingerprint density at radius 3 is 2.60 bits per heavy atom. The van der Waals surface area contributed by atoms with Crippen LogP contribution in [0, 0.1) is 12.8 Å². The van der Waals surface area contributed by atoms with E-state index in [1.807, 2.05) is 7.05 Å². The third-order valence-corrected chi connectivity index (χ3v) is 5.25. The van der Waals surface area contributed by atoms with Crippen LogP contribution in [0.25, 0.3) is 0 Å². The van der Waals surface area contributed by atoms with Gasteiger partial charge < -0.3 is 5.32 Å². The van der Waals surface area contributed by atoms with Crippen LogP contribution in [0.4, 0.5) is 0 Å². The Morgan fingerprint density at radius 1 is 1.35 bits per heavy atom. The third-order valence-electron chi connectivity index (χ3n) is 4.78. The van der Waals surface area contributed by atoms with Crippen molar-refractivity contribution in [3.63, 3.8) is 0 Å². The van der Waals surface area contributed by atoms with E-state index in [0.717, 1.165) is 23.2 Å². The Hall–Kier alpha value is -0.540. The van der Waals surface area contributed by atoms with Crippen molar-refractivity contribution in [2.24, 2.45) is 13.0 Å². The number of aryl methyl sites for hydroxylation is 2. The lowest BCUT2D eigenvalue weighted by Crippen LogP contribution is -2.28. The number of nitrogens with zero attached hydrogens (tertiary/aromatic N) is 2. The first kappa shape index (κ1) is 15.8. The zero-order valence-corrected chi connectivity index (χ0v) is 13.8. The summed E-state index contributed by atoms with van der Waals surface area (Å²) in [4.78, 5) is 0. The highest BCUT2D eigenvalue weighted by Gasteiger charge is 2.19. The number of likely N-dealkylation sites (N-methyl/N-ethyl adjacent to an activating group) is 1. The SMILES string of the molecule is CNC(CCC1CCCCC1)Cc1c(C)nn(C)c1Cl. The van der Waals surface area contributed by atoms with E-state index in [-0.39, 0.29) is 0 Å². The number of halogens is 1. The fraction of sp³-hybridized carbons (Fsp3) is 0.812. The summed E-state index contributed by atoms with van der Waals surface area (Å²) in [7, 11) is 3.97. The Bertz CT molecular complexity index is 422. The van der Waals surface area contributed by atoms with E-state index in [4.69, 9.17) is 11.6 Å². The molecule has 0 aliphatic heterocycles. The topological polar surface area (TPSA) is 29.9 Å². The van der Waals surface area contributed by atoms with Gasteiger partial charge in [0.15, 0.2) is 0 Å². The smallest absolute Gasteiger partial charge is 0.130 e. The predicted molar refractivity (Wildman–Crippen MR) is 85.3 cm³/mol. The first-order valence-corrected chi connectivity index (χ1v) is 8.34. The second-order valence-corrected chi connectivity index (χ2v) is 6.61. The van der Waals surface area contributed by atoms with Crippen LogP contribution in [0.1, 0.15) is 56.2 Å².